The molecule has 1 aliphatic rings. The highest BCUT2D eigenvalue weighted by atomic mass is 127. The number of hydrogen-bond acceptors (Lipinski definition) is 2. The van der Waals surface area contributed by atoms with Crippen LogP contribution in [-0.2, 0) is 4.74 Å². The van der Waals surface area contributed by atoms with Gasteiger partial charge in [-0.2, -0.15) is 0 Å². The topological polar surface area (TPSA) is 29.5 Å². The number of benzene rings is 1. The molecule has 2 rings (SSSR count). The summed E-state index contributed by atoms with van der Waals surface area (Å²) in [6.07, 6.45) is 0.0123. The summed E-state index contributed by atoms with van der Waals surface area (Å²) in [5.74, 6) is -0.388. The van der Waals surface area contributed by atoms with Crippen molar-refractivity contribution in [3.63, 3.8) is 0 Å². The van der Waals surface area contributed by atoms with E-state index in [1.807, 2.05) is 29.5 Å². The molecule has 0 radical (unpaired) electrons. The van der Waals surface area contributed by atoms with E-state index in [1.54, 1.807) is 11.0 Å². The molecule has 2 atom stereocenters. The van der Waals surface area contributed by atoms with E-state index in [2.05, 4.69) is 15.9 Å². The van der Waals surface area contributed by atoms with Crippen molar-refractivity contribution in [2.24, 2.45) is 0 Å². The zero-order valence-corrected chi connectivity index (χ0v) is 14.1. The molecule has 104 valence electrons. The van der Waals surface area contributed by atoms with Crippen LogP contribution in [0.25, 0.3) is 0 Å². The number of rotatable bonds is 2. The van der Waals surface area contributed by atoms with Crippen molar-refractivity contribution in [2.45, 2.75) is 19.1 Å². The summed E-state index contributed by atoms with van der Waals surface area (Å²) >= 11 is 5.36. The standard InChI is InChI=1S/C13H14BrFINO2/c1-8-7-19-10(5-14)6-17(8)13(18)11-3-2-9(15)4-12(11)16/h2-4,8,10H,5-7H2,1H3. The van der Waals surface area contributed by atoms with Gasteiger partial charge in [-0.1, -0.05) is 15.9 Å². The molecular weight excluding hydrogens is 428 g/mol. The minimum absolute atomic E-state index is 0.0123. The lowest BCUT2D eigenvalue weighted by atomic mass is 10.1. The zero-order valence-electron chi connectivity index (χ0n) is 10.4. The second-order valence-electron chi connectivity index (χ2n) is 4.54. The van der Waals surface area contributed by atoms with Crippen LogP contribution < -0.4 is 0 Å². The number of hydrogen-bond donors (Lipinski definition) is 0. The van der Waals surface area contributed by atoms with Crippen molar-refractivity contribution < 1.29 is 13.9 Å². The van der Waals surface area contributed by atoms with Gasteiger partial charge in [-0.15, -0.1) is 0 Å². The van der Waals surface area contributed by atoms with Gasteiger partial charge < -0.3 is 9.64 Å². The lowest BCUT2D eigenvalue weighted by Gasteiger charge is -2.37. The van der Waals surface area contributed by atoms with Crippen molar-refractivity contribution in [3.05, 3.63) is 33.1 Å². The second kappa shape index (κ2) is 6.49. The monoisotopic (exact) mass is 441 g/mol. The predicted molar refractivity (Wildman–Crippen MR) is 83.1 cm³/mol. The fourth-order valence-corrected chi connectivity index (χ4v) is 3.11. The van der Waals surface area contributed by atoms with Crippen LogP contribution >= 0.6 is 38.5 Å². The van der Waals surface area contributed by atoms with E-state index in [9.17, 15) is 9.18 Å². The number of carbonyl (C=O) groups excluding carboxylic acids is 1. The Labute approximate surface area is 133 Å². The molecule has 1 amide bonds. The molecule has 1 fully saturated rings. The summed E-state index contributed by atoms with van der Waals surface area (Å²) in [5.41, 5.74) is 0.545. The third-order valence-corrected chi connectivity index (χ3v) is 4.71. The lowest BCUT2D eigenvalue weighted by Crippen LogP contribution is -2.51. The first-order chi connectivity index (χ1) is 9.02. The average molecular weight is 442 g/mol. The average Bonchev–Trinajstić information content (AvgIpc) is 2.38. The minimum Gasteiger partial charge on any atom is -0.373 e. The number of nitrogens with zero attached hydrogens (tertiary/aromatic N) is 1. The molecule has 0 N–H and O–H groups in total. The first kappa shape index (κ1) is 15.2. The Hall–Kier alpha value is -0.210. The van der Waals surface area contributed by atoms with Crippen LogP contribution in [-0.4, -0.2) is 41.4 Å². The molecule has 0 aromatic heterocycles. The summed E-state index contributed by atoms with van der Waals surface area (Å²) in [4.78, 5) is 14.3. The summed E-state index contributed by atoms with van der Waals surface area (Å²) in [7, 11) is 0. The SMILES string of the molecule is CC1COC(CBr)CN1C(=O)c1ccc(F)cc1I. The third-order valence-electron chi connectivity index (χ3n) is 3.10. The van der Waals surface area contributed by atoms with Crippen LogP contribution in [0.15, 0.2) is 18.2 Å². The Balaban J connectivity index is 2.22. The number of ether oxygens (including phenoxy) is 1. The smallest absolute Gasteiger partial charge is 0.255 e. The Bertz CT molecular complexity index is 486. The van der Waals surface area contributed by atoms with Gasteiger partial charge in [0.2, 0.25) is 0 Å². The van der Waals surface area contributed by atoms with E-state index in [4.69, 9.17) is 4.74 Å². The van der Waals surface area contributed by atoms with E-state index in [0.29, 0.717) is 27.6 Å². The summed E-state index contributed by atoms with van der Waals surface area (Å²) in [6, 6.07) is 4.28. The van der Waals surface area contributed by atoms with Gasteiger partial charge in [0.1, 0.15) is 5.82 Å². The fourth-order valence-electron chi connectivity index (χ4n) is 2.01. The molecule has 1 aromatic carbocycles. The Morgan fingerprint density at radius 2 is 2.37 bits per heavy atom. The van der Waals surface area contributed by atoms with E-state index in [-0.39, 0.29) is 23.9 Å². The Morgan fingerprint density at radius 3 is 3.00 bits per heavy atom. The molecule has 0 aliphatic carbocycles. The van der Waals surface area contributed by atoms with Crippen molar-refractivity contribution in [1.82, 2.24) is 4.90 Å². The molecule has 0 saturated carbocycles. The van der Waals surface area contributed by atoms with Crippen molar-refractivity contribution in [3.8, 4) is 0 Å². The van der Waals surface area contributed by atoms with E-state index in [1.165, 1.54) is 12.1 Å². The maximum atomic E-state index is 13.1. The van der Waals surface area contributed by atoms with Crippen LogP contribution in [0.3, 0.4) is 0 Å². The predicted octanol–water partition coefficient (Wildman–Crippen LogP) is 3.05. The molecule has 1 aromatic rings. The molecule has 0 bridgehead atoms. The summed E-state index contributed by atoms with van der Waals surface area (Å²) < 4.78 is 19.3. The molecule has 1 aliphatic heterocycles. The normalized spacial score (nSPS) is 23.5. The van der Waals surface area contributed by atoms with Gasteiger partial charge in [-0.05, 0) is 47.7 Å². The number of alkyl halides is 1. The van der Waals surface area contributed by atoms with Gasteiger partial charge in [-0.25, -0.2) is 4.39 Å². The largest absolute Gasteiger partial charge is 0.373 e. The zero-order chi connectivity index (χ0) is 14.0. The molecule has 2 unspecified atom stereocenters. The number of carbonyl (C=O) groups is 1. The quantitative estimate of drug-likeness (QED) is 0.521. The van der Waals surface area contributed by atoms with Gasteiger partial charge in [0.15, 0.2) is 0 Å². The van der Waals surface area contributed by atoms with E-state index >= 15 is 0 Å². The van der Waals surface area contributed by atoms with Crippen LogP contribution in [0.4, 0.5) is 4.39 Å². The first-order valence-corrected chi connectivity index (χ1v) is 8.16. The Morgan fingerprint density at radius 1 is 1.63 bits per heavy atom. The highest BCUT2D eigenvalue weighted by molar-refractivity contribution is 14.1. The van der Waals surface area contributed by atoms with Crippen LogP contribution in [0.1, 0.15) is 17.3 Å². The van der Waals surface area contributed by atoms with Gasteiger partial charge in [-0.3, -0.25) is 4.79 Å². The second-order valence-corrected chi connectivity index (χ2v) is 6.35. The first-order valence-electron chi connectivity index (χ1n) is 5.96. The van der Waals surface area contributed by atoms with Crippen LogP contribution in [0, 0.1) is 9.39 Å². The number of halogens is 3. The Kier molecular flexibility index (Phi) is 5.19. The molecule has 19 heavy (non-hydrogen) atoms. The van der Waals surface area contributed by atoms with Gasteiger partial charge in [0.25, 0.3) is 5.91 Å². The van der Waals surface area contributed by atoms with Gasteiger partial charge in [0.05, 0.1) is 24.3 Å². The molecule has 1 heterocycles. The maximum Gasteiger partial charge on any atom is 0.255 e. The van der Waals surface area contributed by atoms with Gasteiger partial charge >= 0.3 is 0 Å². The fraction of sp³-hybridized carbons (Fsp3) is 0.462. The number of amides is 1. The number of morpholine rings is 1. The van der Waals surface area contributed by atoms with E-state index in [0.717, 1.165) is 0 Å². The minimum atomic E-state index is -0.325. The molecule has 0 spiro atoms. The highest BCUT2D eigenvalue weighted by Crippen LogP contribution is 2.20. The van der Waals surface area contributed by atoms with Crippen molar-refractivity contribution in [1.29, 1.82) is 0 Å². The van der Waals surface area contributed by atoms with E-state index < -0.39 is 0 Å². The van der Waals surface area contributed by atoms with Gasteiger partial charge in [0, 0.05) is 15.4 Å². The molecular formula is C13H14BrFINO2. The molecule has 6 heteroatoms. The lowest BCUT2D eigenvalue weighted by molar-refractivity contribution is -0.0361. The molecule has 3 nitrogen and oxygen atoms in total. The van der Waals surface area contributed by atoms with Crippen molar-refractivity contribution >= 4 is 44.4 Å². The summed E-state index contributed by atoms with van der Waals surface area (Å²) in [6.45, 7) is 3.04. The maximum absolute atomic E-state index is 13.1. The van der Waals surface area contributed by atoms with Crippen LogP contribution in [0.2, 0.25) is 0 Å². The highest BCUT2D eigenvalue weighted by Gasteiger charge is 2.30. The third kappa shape index (κ3) is 3.46. The molecule has 1 saturated heterocycles. The summed E-state index contributed by atoms with van der Waals surface area (Å²) in [5, 5.41) is 0.698. The van der Waals surface area contributed by atoms with Crippen LogP contribution in [0.5, 0.6) is 0 Å². The van der Waals surface area contributed by atoms with Crippen molar-refractivity contribution in [2.75, 3.05) is 18.5 Å².